The molecule has 0 aliphatic carbocycles. The van der Waals surface area contributed by atoms with E-state index in [-0.39, 0.29) is 11.6 Å². The van der Waals surface area contributed by atoms with Gasteiger partial charge in [0, 0.05) is 25.7 Å². The summed E-state index contributed by atoms with van der Waals surface area (Å²) in [6.45, 7) is 9.84. The highest BCUT2D eigenvalue weighted by atomic mass is 16.5. The number of aromatic nitrogens is 2. The van der Waals surface area contributed by atoms with Gasteiger partial charge in [-0.05, 0) is 39.8 Å². The van der Waals surface area contributed by atoms with Crippen LogP contribution in [-0.2, 0) is 11.3 Å². The van der Waals surface area contributed by atoms with Crippen LogP contribution in [0.5, 0.6) is 0 Å². The van der Waals surface area contributed by atoms with Crippen molar-refractivity contribution in [3.63, 3.8) is 0 Å². The average molecular weight is 252 g/mol. The van der Waals surface area contributed by atoms with Crippen molar-refractivity contribution in [3.8, 4) is 0 Å². The van der Waals surface area contributed by atoms with Crippen molar-refractivity contribution in [2.24, 2.45) is 0 Å². The smallest absolute Gasteiger partial charge is 0.148 e. The topological polar surface area (TPSA) is 59.1 Å². The lowest BCUT2D eigenvalue weighted by Gasteiger charge is -2.20. The van der Waals surface area contributed by atoms with Gasteiger partial charge in [0.05, 0.1) is 11.8 Å². The van der Waals surface area contributed by atoms with Crippen molar-refractivity contribution >= 4 is 5.82 Å². The van der Waals surface area contributed by atoms with Crippen molar-refractivity contribution in [2.75, 3.05) is 19.0 Å². The van der Waals surface area contributed by atoms with Crippen LogP contribution in [0.4, 0.5) is 5.82 Å². The molecule has 0 saturated heterocycles. The van der Waals surface area contributed by atoms with E-state index in [9.17, 15) is 0 Å². The largest absolute Gasteiger partial charge is 0.380 e. The molecular formula is C13H24N4O. The van der Waals surface area contributed by atoms with Crippen molar-refractivity contribution in [1.82, 2.24) is 15.5 Å². The lowest BCUT2D eigenvalue weighted by Crippen LogP contribution is -2.35. The van der Waals surface area contributed by atoms with E-state index in [2.05, 4.69) is 41.6 Å². The minimum Gasteiger partial charge on any atom is -0.380 e. The summed E-state index contributed by atoms with van der Waals surface area (Å²) >= 11 is 0. The molecule has 1 unspecified atom stereocenters. The maximum Gasteiger partial charge on any atom is 0.148 e. The van der Waals surface area contributed by atoms with Crippen LogP contribution in [0.2, 0.25) is 0 Å². The van der Waals surface area contributed by atoms with Gasteiger partial charge >= 0.3 is 0 Å². The molecule has 2 N–H and O–H groups in total. The summed E-state index contributed by atoms with van der Waals surface area (Å²) < 4.78 is 5.15. The van der Waals surface area contributed by atoms with Gasteiger partial charge in [-0.2, -0.15) is 5.10 Å². The maximum atomic E-state index is 5.15. The summed E-state index contributed by atoms with van der Waals surface area (Å²) in [5.41, 5.74) is 1.03. The van der Waals surface area contributed by atoms with Crippen LogP contribution in [0.3, 0.4) is 0 Å². The molecule has 1 aromatic rings. The minimum absolute atomic E-state index is 0.0898. The van der Waals surface area contributed by atoms with Crippen LogP contribution in [0, 0.1) is 0 Å². The Kier molecular flexibility index (Phi) is 5.50. The Hall–Kier alpha value is -1.20. The van der Waals surface area contributed by atoms with Gasteiger partial charge in [-0.15, -0.1) is 5.10 Å². The molecule has 0 bridgehead atoms. The highest BCUT2D eigenvalue weighted by Crippen LogP contribution is 2.05. The number of ether oxygens (including phenoxy) is 1. The molecule has 0 radical (unpaired) electrons. The second-order valence-electron chi connectivity index (χ2n) is 5.44. The molecule has 0 amide bonds. The van der Waals surface area contributed by atoms with E-state index in [0.717, 1.165) is 24.6 Å². The first-order valence-electron chi connectivity index (χ1n) is 6.25. The first kappa shape index (κ1) is 14.9. The highest BCUT2D eigenvalue weighted by Gasteiger charge is 2.09. The van der Waals surface area contributed by atoms with Gasteiger partial charge in [-0.1, -0.05) is 0 Å². The number of methoxy groups -OCH3 is 1. The molecule has 1 atom stereocenters. The molecule has 1 aromatic heterocycles. The zero-order chi connectivity index (χ0) is 13.6. The van der Waals surface area contributed by atoms with Crippen LogP contribution >= 0.6 is 0 Å². The van der Waals surface area contributed by atoms with Crippen LogP contribution in [0.25, 0.3) is 0 Å². The predicted octanol–water partition coefficient (Wildman–Crippen LogP) is 1.81. The second-order valence-corrected chi connectivity index (χ2v) is 5.44. The van der Waals surface area contributed by atoms with E-state index in [1.54, 1.807) is 7.11 Å². The lowest BCUT2D eigenvalue weighted by atomic mass is 10.1. The Bertz CT molecular complexity index is 345. The summed E-state index contributed by atoms with van der Waals surface area (Å²) in [6, 6.07) is 3.92. The van der Waals surface area contributed by atoms with Crippen LogP contribution < -0.4 is 10.6 Å². The Morgan fingerprint density at radius 3 is 2.50 bits per heavy atom. The van der Waals surface area contributed by atoms with Crippen LogP contribution in [0.15, 0.2) is 12.1 Å². The quantitative estimate of drug-likeness (QED) is 0.808. The van der Waals surface area contributed by atoms with Gasteiger partial charge in [-0.25, -0.2) is 0 Å². The molecule has 0 fully saturated rings. The fourth-order valence-corrected chi connectivity index (χ4v) is 1.24. The fraction of sp³-hybridized carbons (Fsp3) is 0.692. The lowest BCUT2D eigenvalue weighted by molar-refractivity contribution is 0.128. The SMILES string of the molecule is COC(C)CNc1ccc(CNC(C)(C)C)nn1. The molecule has 0 spiro atoms. The summed E-state index contributed by atoms with van der Waals surface area (Å²) in [7, 11) is 1.69. The molecule has 1 heterocycles. The standard InChI is InChI=1S/C13H24N4O/c1-10(18-5)8-14-12-7-6-11(16-17-12)9-15-13(2,3)4/h6-7,10,15H,8-9H2,1-5H3,(H,14,17). The predicted molar refractivity (Wildman–Crippen MR) is 73.6 cm³/mol. The normalized spacial score (nSPS) is 13.4. The van der Waals surface area contributed by atoms with Crippen LogP contribution in [-0.4, -0.2) is 35.5 Å². The summed E-state index contributed by atoms with van der Waals surface area (Å²) in [5.74, 6) is 0.776. The zero-order valence-corrected chi connectivity index (χ0v) is 11.9. The number of hydrogen-bond acceptors (Lipinski definition) is 5. The average Bonchev–Trinajstić information content (AvgIpc) is 2.33. The molecule has 0 aliphatic rings. The van der Waals surface area contributed by atoms with E-state index >= 15 is 0 Å². The molecule has 0 saturated carbocycles. The third-order valence-electron chi connectivity index (χ3n) is 2.49. The van der Waals surface area contributed by atoms with E-state index in [0.29, 0.717) is 0 Å². The monoisotopic (exact) mass is 252 g/mol. The number of hydrogen-bond donors (Lipinski definition) is 2. The first-order chi connectivity index (χ1) is 8.40. The number of nitrogens with one attached hydrogen (secondary N) is 2. The van der Waals surface area contributed by atoms with E-state index in [4.69, 9.17) is 4.74 Å². The molecule has 18 heavy (non-hydrogen) atoms. The maximum absolute atomic E-state index is 5.15. The molecule has 5 heteroatoms. The molecule has 0 aliphatic heterocycles. The third kappa shape index (κ3) is 5.93. The molecular weight excluding hydrogens is 228 g/mol. The number of anilines is 1. The van der Waals surface area contributed by atoms with E-state index in [1.165, 1.54) is 0 Å². The van der Waals surface area contributed by atoms with Gasteiger partial charge in [0.15, 0.2) is 0 Å². The summed E-state index contributed by atoms with van der Waals surface area (Å²) in [5, 5.41) is 14.8. The number of nitrogens with zero attached hydrogens (tertiary/aromatic N) is 2. The zero-order valence-electron chi connectivity index (χ0n) is 11.9. The van der Waals surface area contributed by atoms with Gasteiger partial charge in [0.1, 0.15) is 5.82 Å². The highest BCUT2D eigenvalue weighted by molar-refractivity contribution is 5.32. The molecule has 0 aromatic carbocycles. The Balaban J connectivity index is 2.42. The van der Waals surface area contributed by atoms with Crippen molar-refractivity contribution in [1.29, 1.82) is 0 Å². The van der Waals surface area contributed by atoms with Crippen molar-refractivity contribution < 1.29 is 4.74 Å². The summed E-state index contributed by atoms with van der Waals surface area (Å²) in [4.78, 5) is 0. The number of rotatable bonds is 6. The molecule has 102 valence electrons. The van der Waals surface area contributed by atoms with Gasteiger partial charge in [0.2, 0.25) is 0 Å². The summed E-state index contributed by atoms with van der Waals surface area (Å²) in [6.07, 6.45) is 0.161. The van der Waals surface area contributed by atoms with E-state index < -0.39 is 0 Å². The minimum atomic E-state index is 0.0898. The van der Waals surface area contributed by atoms with Gasteiger partial charge in [0.25, 0.3) is 0 Å². The molecule has 5 nitrogen and oxygen atoms in total. The Morgan fingerprint density at radius 1 is 1.28 bits per heavy atom. The van der Waals surface area contributed by atoms with Crippen molar-refractivity contribution in [2.45, 2.75) is 45.9 Å². The first-order valence-corrected chi connectivity index (χ1v) is 6.25. The molecule has 1 rings (SSSR count). The van der Waals surface area contributed by atoms with Gasteiger partial charge < -0.3 is 15.4 Å². The Morgan fingerprint density at radius 2 is 2.00 bits per heavy atom. The Labute approximate surface area is 109 Å². The second kappa shape index (κ2) is 6.66. The van der Waals surface area contributed by atoms with Crippen molar-refractivity contribution in [3.05, 3.63) is 17.8 Å². The fourth-order valence-electron chi connectivity index (χ4n) is 1.24. The van der Waals surface area contributed by atoms with E-state index in [1.807, 2.05) is 19.1 Å². The van der Waals surface area contributed by atoms with Crippen LogP contribution in [0.1, 0.15) is 33.4 Å². The third-order valence-corrected chi connectivity index (χ3v) is 2.49. The van der Waals surface area contributed by atoms with Gasteiger partial charge in [-0.3, -0.25) is 0 Å².